The molecule has 0 spiro atoms. The summed E-state index contributed by atoms with van der Waals surface area (Å²) < 4.78 is 4.75. The third-order valence-corrected chi connectivity index (χ3v) is 5.04. The van der Waals surface area contributed by atoms with Crippen molar-refractivity contribution in [1.82, 2.24) is 10.2 Å². The number of benzene rings is 1. The van der Waals surface area contributed by atoms with Crippen LogP contribution in [0.15, 0.2) is 36.4 Å². The summed E-state index contributed by atoms with van der Waals surface area (Å²) in [6.07, 6.45) is 4.57. The molecular weight excluding hydrogens is 342 g/mol. The van der Waals surface area contributed by atoms with E-state index in [1.807, 2.05) is 24.3 Å². The van der Waals surface area contributed by atoms with Crippen molar-refractivity contribution in [2.75, 3.05) is 12.4 Å². The van der Waals surface area contributed by atoms with Crippen LogP contribution < -0.4 is 11.1 Å². The molecule has 0 amide bonds. The Hall–Kier alpha value is -2.96. The zero-order valence-electron chi connectivity index (χ0n) is 15.4. The van der Waals surface area contributed by atoms with Gasteiger partial charge in [0.25, 0.3) is 0 Å². The average Bonchev–Trinajstić information content (AvgIpc) is 2.70. The van der Waals surface area contributed by atoms with E-state index in [4.69, 9.17) is 15.9 Å². The fourth-order valence-corrected chi connectivity index (χ4v) is 3.42. The van der Waals surface area contributed by atoms with E-state index in [0.29, 0.717) is 23.9 Å². The first-order valence-corrected chi connectivity index (χ1v) is 9.17. The second kappa shape index (κ2) is 8.62. The molecule has 7 heteroatoms. The number of anilines is 1. The maximum absolute atomic E-state index is 11.4. The third kappa shape index (κ3) is 5.03. The topological polar surface area (TPSA) is 114 Å². The van der Waals surface area contributed by atoms with Crippen molar-refractivity contribution in [1.29, 1.82) is 5.41 Å². The zero-order chi connectivity index (χ0) is 19.2. The minimum atomic E-state index is -0.121. The Bertz CT molecular complexity index is 781. The van der Waals surface area contributed by atoms with Crippen molar-refractivity contribution >= 4 is 17.6 Å². The standard InChI is InChI=1S/C20H25N5O2/c1-27-19(26)12-13-2-8-16(9-3-13)23-18-11-10-17(24-25-18)14-4-6-15(7-5-14)20(21)22/h4-7,10-11,13,16H,2-3,8-9,12H2,1H3,(H3,21,22)(H,23,25). The van der Waals surface area contributed by atoms with Crippen molar-refractivity contribution in [3.05, 3.63) is 42.0 Å². The molecule has 0 bridgehead atoms. The second-order valence-electron chi connectivity index (χ2n) is 6.94. The van der Waals surface area contributed by atoms with Gasteiger partial charge in [-0.3, -0.25) is 10.2 Å². The number of nitrogens with zero attached hydrogens (tertiary/aromatic N) is 2. The van der Waals surface area contributed by atoms with Crippen molar-refractivity contribution in [2.45, 2.75) is 38.1 Å². The summed E-state index contributed by atoms with van der Waals surface area (Å²) in [6, 6.07) is 11.6. The number of ether oxygens (including phenoxy) is 1. The quantitative estimate of drug-likeness (QED) is 0.411. The lowest BCUT2D eigenvalue weighted by atomic mass is 9.84. The molecule has 1 aliphatic carbocycles. The highest BCUT2D eigenvalue weighted by molar-refractivity contribution is 5.95. The predicted molar refractivity (Wildman–Crippen MR) is 104 cm³/mol. The van der Waals surface area contributed by atoms with Gasteiger partial charge < -0.3 is 15.8 Å². The van der Waals surface area contributed by atoms with Crippen LogP contribution in [0.4, 0.5) is 5.82 Å². The summed E-state index contributed by atoms with van der Waals surface area (Å²) in [5.41, 5.74) is 7.87. The van der Waals surface area contributed by atoms with Crippen molar-refractivity contribution in [3.63, 3.8) is 0 Å². The molecular formula is C20H25N5O2. The summed E-state index contributed by atoms with van der Waals surface area (Å²) in [7, 11) is 1.44. The average molecular weight is 367 g/mol. The number of nitrogens with one attached hydrogen (secondary N) is 2. The van der Waals surface area contributed by atoms with E-state index in [0.717, 1.165) is 42.8 Å². The van der Waals surface area contributed by atoms with E-state index in [1.54, 1.807) is 12.1 Å². The number of amidine groups is 1. The number of nitrogens with two attached hydrogens (primary N) is 1. The highest BCUT2D eigenvalue weighted by Gasteiger charge is 2.23. The maximum Gasteiger partial charge on any atom is 0.305 e. The summed E-state index contributed by atoms with van der Waals surface area (Å²) in [5.74, 6) is 1.11. The molecule has 3 rings (SSSR count). The molecule has 2 aromatic rings. The lowest BCUT2D eigenvalue weighted by Crippen LogP contribution is -2.27. The molecule has 0 atom stereocenters. The number of nitrogen functional groups attached to an aromatic ring is 1. The van der Waals surface area contributed by atoms with Gasteiger partial charge >= 0.3 is 5.97 Å². The maximum atomic E-state index is 11.4. The number of methoxy groups -OCH3 is 1. The molecule has 1 aromatic heterocycles. The Labute approximate surface area is 158 Å². The summed E-state index contributed by atoms with van der Waals surface area (Å²) in [6.45, 7) is 0. The van der Waals surface area contributed by atoms with Crippen molar-refractivity contribution < 1.29 is 9.53 Å². The summed E-state index contributed by atoms with van der Waals surface area (Å²) in [5, 5.41) is 19.5. The number of hydrogen-bond acceptors (Lipinski definition) is 6. The monoisotopic (exact) mass is 367 g/mol. The first kappa shape index (κ1) is 18.8. The molecule has 142 valence electrons. The van der Waals surface area contributed by atoms with E-state index in [2.05, 4.69) is 15.5 Å². The fraction of sp³-hybridized carbons (Fsp3) is 0.400. The molecule has 0 saturated heterocycles. The van der Waals surface area contributed by atoms with Gasteiger partial charge in [-0.25, -0.2) is 0 Å². The number of carbonyl (C=O) groups is 1. The molecule has 1 aromatic carbocycles. The van der Waals surface area contributed by atoms with Crippen LogP contribution in [0, 0.1) is 11.3 Å². The lowest BCUT2D eigenvalue weighted by Gasteiger charge is -2.28. The summed E-state index contributed by atoms with van der Waals surface area (Å²) >= 11 is 0. The number of aromatic nitrogens is 2. The number of hydrogen-bond donors (Lipinski definition) is 3. The van der Waals surface area contributed by atoms with Gasteiger partial charge in [-0.05, 0) is 43.7 Å². The minimum absolute atomic E-state index is 0.0495. The Morgan fingerprint density at radius 1 is 1.15 bits per heavy atom. The normalized spacial score (nSPS) is 19.3. The molecule has 7 nitrogen and oxygen atoms in total. The Morgan fingerprint density at radius 3 is 2.41 bits per heavy atom. The van der Waals surface area contributed by atoms with E-state index in [-0.39, 0.29) is 11.8 Å². The molecule has 0 unspecified atom stereocenters. The van der Waals surface area contributed by atoms with Crippen LogP contribution >= 0.6 is 0 Å². The first-order chi connectivity index (χ1) is 13.0. The number of carbonyl (C=O) groups excluding carboxylic acids is 1. The van der Waals surface area contributed by atoms with Gasteiger partial charge in [-0.15, -0.1) is 10.2 Å². The van der Waals surface area contributed by atoms with E-state index >= 15 is 0 Å². The number of esters is 1. The van der Waals surface area contributed by atoms with Gasteiger partial charge in [0.15, 0.2) is 0 Å². The second-order valence-corrected chi connectivity index (χ2v) is 6.94. The third-order valence-electron chi connectivity index (χ3n) is 5.04. The molecule has 0 aliphatic heterocycles. The van der Waals surface area contributed by atoms with Crippen LogP contribution in [-0.4, -0.2) is 35.2 Å². The van der Waals surface area contributed by atoms with Crippen LogP contribution in [0.3, 0.4) is 0 Å². The molecule has 1 fully saturated rings. The molecule has 1 heterocycles. The zero-order valence-corrected chi connectivity index (χ0v) is 15.4. The Kier molecular flexibility index (Phi) is 6.01. The first-order valence-electron chi connectivity index (χ1n) is 9.17. The smallest absolute Gasteiger partial charge is 0.305 e. The minimum Gasteiger partial charge on any atom is -0.469 e. The van der Waals surface area contributed by atoms with Crippen molar-refractivity contribution in [2.24, 2.45) is 11.7 Å². The van der Waals surface area contributed by atoms with Crippen molar-refractivity contribution in [3.8, 4) is 11.3 Å². The van der Waals surface area contributed by atoms with Gasteiger partial charge in [0.2, 0.25) is 0 Å². The van der Waals surface area contributed by atoms with Gasteiger partial charge in [0.1, 0.15) is 11.7 Å². The van der Waals surface area contributed by atoms with Crippen LogP contribution in [-0.2, 0) is 9.53 Å². The van der Waals surface area contributed by atoms with Gasteiger partial charge in [0, 0.05) is 23.6 Å². The fourth-order valence-electron chi connectivity index (χ4n) is 3.42. The molecule has 1 aliphatic rings. The van der Waals surface area contributed by atoms with Gasteiger partial charge in [0.05, 0.1) is 12.8 Å². The van der Waals surface area contributed by atoms with E-state index in [1.165, 1.54) is 7.11 Å². The Morgan fingerprint density at radius 2 is 1.85 bits per heavy atom. The largest absolute Gasteiger partial charge is 0.469 e. The van der Waals surface area contributed by atoms with Crippen LogP contribution in [0.25, 0.3) is 11.3 Å². The van der Waals surface area contributed by atoms with Crippen LogP contribution in [0.1, 0.15) is 37.7 Å². The predicted octanol–water partition coefficient (Wildman–Crippen LogP) is 2.96. The highest BCUT2D eigenvalue weighted by atomic mass is 16.5. The van der Waals surface area contributed by atoms with Gasteiger partial charge in [-0.1, -0.05) is 24.3 Å². The molecule has 1 saturated carbocycles. The van der Waals surface area contributed by atoms with Crippen LogP contribution in [0.2, 0.25) is 0 Å². The molecule has 4 N–H and O–H groups in total. The lowest BCUT2D eigenvalue weighted by molar-refractivity contribution is -0.142. The van der Waals surface area contributed by atoms with E-state index < -0.39 is 0 Å². The Balaban J connectivity index is 1.54. The SMILES string of the molecule is COC(=O)CC1CCC(Nc2ccc(-c3ccc(C(=N)N)cc3)nn2)CC1. The molecule has 27 heavy (non-hydrogen) atoms. The van der Waals surface area contributed by atoms with E-state index in [9.17, 15) is 4.79 Å². The van der Waals surface area contributed by atoms with Crippen LogP contribution in [0.5, 0.6) is 0 Å². The number of rotatable bonds is 6. The highest BCUT2D eigenvalue weighted by Crippen LogP contribution is 2.29. The molecule has 0 radical (unpaired) electrons. The summed E-state index contributed by atoms with van der Waals surface area (Å²) in [4.78, 5) is 11.4. The van der Waals surface area contributed by atoms with Gasteiger partial charge in [-0.2, -0.15) is 0 Å².